The zero-order valence-electron chi connectivity index (χ0n) is 16.6. The van der Waals surface area contributed by atoms with Crippen molar-refractivity contribution in [3.8, 4) is 17.2 Å². The number of nitroso groups, excluding NO2 is 1. The maximum absolute atomic E-state index is 10.3. The molecule has 0 aliphatic carbocycles. The Balaban J connectivity index is 0.000000460. The first-order valence-corrected chi connectivity index (χ1v) is 8.44. The van der Waals surface area contributed by atoms with Gasteiger partial charge < -0.3 is 14.6 Å². The van der Waals surface area contributed by atoms with Crippen molar-refractivity contribution in [1.82, 2.24) is 0 Å². The fourth-order valence-electron chi connectivity index (χ4n) is 2.03. The molecular weight excluding hydrogens is 346 g/mol. The number of hydrogen-bond acceptors (Lipinski definition) is 6. The van der Waals surface area contributed by atoms with Crippen molar-refractivity contribution in [2.45, 2.75) is 27.7 Å². The molecule has 0 aliphatic rings. The Morgan fingerprint density at radius 2 is 1.59 bits per heavy atom. The quantitative estimate of drug-likeness (QED) is 0.434. The molecule has 0 bridgehead atoms. The molecule has 0 saturated heterocycles. The number of carbonyl (C=O) groups excluding carboxylic acids is 1. The summed E-state index contributed by atoms with van der Waals surface area (Å²) in [5.74, 6) is 1.35. The zero-order valence-corrected chi connectivity index (χ0v) is 16.6. The van der Waals surface area contributed by atoms with Gasteiger partial charge in [-0.15, -0.1) is 4.91 Å². The first-order valence-electron chi connectivity index (χ1n) is 8.44. The number of methoxy groups -OCH3 is 2. The SMILES string of the molecule is CC.COc1cc(N=O)c(C)c(O)c1C.COc1ccc(/C=C/C=O)cc1. The van der Waals surface area contributed by atoms with E-state index < -0.39 is 0 Å². The largest absolute Gasteiger partial charge is 0.507 e. The van der Waals surface area contributed by atoms with Crippen molar-refractivity contribution in [2.24, 2.45) is 5.18 Å². The van der Waals surface area contributed by atoms with Gasteiger partial charge in [0.1, 0.15) is 29.2 Å². The maximum Gasteiger partial charge on any atom is 0.142 e. The van der Waals surface area contributed by atoms with E-state index in [4.69, 9.17) is 9.47 Å². The molecule has 0 unspecified atom stereocenters. The summed E-state index contributed by atoms with van der Waals surface area (Å²) in [4.78, 5) is 20.3. The summed E-state index contributed by atoms with van der Waals surface area (Å²) in [5.41, 5.74) is 2.29. The van der Waals surface area contributed by atoms with E-state index in [-0.39, 0.29) is 11.4 Å². The number of phenols is 1. The number of aromatic hydroxyl groups is 1. The van der Waals surface area contributed by atoms with E-state index >= 15 is 0 Å². The van der Waals surface area contributed by atoms with Crippen LogP contribution in [0, 0.1) is 18.8 Å². The summed E-state index contributed by atoms with van der Waals surface area (Å²) >= 11 is 0. The highest BCUT2D eigenvalue weighted by Crippen LogP contribution is 2.36. The van der Waals surface area contributed by atoms with Crippen LogP contribution in [0.25, 0.3) is 6.08 Å². The highest BCUT2D eigenvalue weighted by Gasteiger charge is 2.12. The molecule has 6 heteroatoms. The lowest BCUT2D eigenvalue weighted by Gasteiger charge is -2.09. The monoisotopic (exact) mass is 373 g/mol. The summed E-state index contributed by atoms with van der Waals surface area (Å²) in [7, 11) is 3.10. The van der Waals surface area contributed by atoms with Gasteiger partial charge in [0, 0.05) is 17.2 Å². The zero-order chi connectivity index (χ0) is 20.8. The molecule has 146 valence electrons. The molecule has 2 aromatic rings. The first-order chi connectivity index (χ1) is 13.0. The van der Waals surface area contributed by atoms with Crippen molar-refractivity contribution in [1.29, 1.82) is 0 Å². The van der Waals surface area contributed by atoms with Gasteiger partial charge in [-0.05, 0) is 42.8 Å². The van der Waals surface area contributed by atoms with Gasteiger partial charge in [-0.2, -0.15) is 0 Å². The predicted molar refractivity (Wildman–Crippen MR) is 109 cm³/mol. The van der Waals surface area contributed by atoms with E-state index in [0.717, 1.165) is 17.6 Å². The average molecular weight is 373 g/mol. The van der Waals surface area contributed by atoms with Crippen LogP contribution >= 0.6 is 0 Å². The second kappa shape index (κ2) is 13.1. The molecule has 27 heavy (non-hydrogen) atoms. The van der Waals surface area contributed by atoms with Gasteiger partial charge >= 0.3 is 0 Å². The highest BCUT2D eigenvalue weighted by molar-refractivity contribution is 5.73. The molecule has 1 N–H and O–H groups in total. The van der Waals surface area contributed by atoms with E-state index in [9.17, 15) is 14.8 Å². The number of allylic oxidation sites excluding steroid dienone is 1. The van der Waals surface area contributed by atoms with Gasteiger partial charge in [0.2, 0.25) is 0 Å². The highest BCUT2D eigenvalue weighted by atomic mass is 16.5. The fraction of sp³-hybridized carbons (Fsp3) is 0.286. The Labute approximate surface area is 160 Å². The van der Waals surface area contributed by atoms with Crippen LogP contribution in [0.15, 0.2) is 41.6 Å². The van der Waals surface area contributed by atoms with E-state index in [1.807, 2.05) is 38.1 Å². The summed E-state index contributed by atoms with van der Waals surface area (Å²) in [6, 6.07) is 8.99. The number of ether oxygens (including phenoxy) is 2. The van der Waals surface area contributed by atoms with Crippen LogP contribution in [-0.4, -0.2) is 25.6 Å². The number of phenolic OH excluding ortho intramolecular Hbond substituents is 1. The molecule has 2 rings (SSSR count). The van der Waals surface area contributed by atoms with Crippen LogP contribution in [0.3, 0.4) is 0 Å². The second-order valence-electron chi connectivity index (χ2n) is 5.06. The summed E-state index contributed by atoms with van der Waals surface area (Å²) < 4.78 is 9.94. The second-order valence-corrected chi connectivity index (χ2v) is 5.06. The van der Waals surface area contributed by atoms with Gasteiger partial charge in [-0.25, -0.2) is 0 Å². The van der Waals surface area contributed by atoms with E-state index in [1.165, 1.54) is 19.3 Å². The van der Waals surface area contributed by atoms with Gasteiger partial charge in [0.25, 0.3) is 0 Å². The van der Waals surface area contributed by atoms with Gasteiger partial charge in [-0.1, -0.05) is 32.1 Å². The van der Waals surface area contributed by atoms with Crippen molar-refractivity contribution in [3.05, 3.63) is 58.0 Å². The third-order valence-corrected chi connectivity index (χ3v) is 3.53. The lowest BCUT2D eigenvalue weighted by Crippen LogP contribution is -1.89. The standard InChI is InChI=1S/C10H10O2.C9H11NO3.C2H6/c1-12-10-6-4-9(5-7-10)3-2-8-11;1-5-7(10-12)4-8(13-3)6(2)9(5)11;1-2/h2-8H,1H3;4,11H,1-3H3;1-2H3/b3-2+;;. The van der Waals surface area contributed by atoms with Crippen LogP contribution in [0.4, 0.5) is 5.69 Å². The summed E-state index contributed by atoms with van der Waals surface area (Å²) in [6.45, 7) is 7.36. The molecular formula is C21H27NO5. The minimum Gasteiger partial charge on any atom is -0.507 e. The Morgan fingerprint density at radius 3 is 2.04 bits per heavy atom. The molecule has 0 amide bonds. The Bertz CT molecular complexity index is 752. The van der Waals surface area contributed by atoms with Crippen molar-refractivity contribution < 1.29 is 19.4 Å². The number of hydrogen-bond donors (Lipinski definition) is 1. The summed E-state index contributed by atoms with van der Waals surface area (Å²) in [6.07, 6.45) is 3.96. The molecule has 0 fully saturated rings. The lowest BCUT2D eigenvalue weighted by molar-refractivity contribution is -0.104. The van der Waals surface area contributed by atoms with Crippen LogP contribution in [0.5, 0.6) is 17.2 Å². The molecule has 2 aromatic carbocycles. The van der Waals surface area contributed by atoms with E-state index in [2.05, 4.69) is 5.18 Å². The number of rotatable bonds is 5. The number of aldehydes is 1. The molecule has 6 nitrogen and oxygen atoms in total. The fourth-order valence-corrected chi connectivity index (χ4v) is 2.03. The van der Waals surface area contributed by atoms with Gasteiger partial charge in [-0.3, -0.25) is 4.79 Å². The molecule has 0 aliphatic heterocycles. The molecule has 0 aromatic heterocycles. The van der Waals surface area contributed by atoms with Gasteiger partial charge in [0.05, 0.1) is 14.2 Å². The van der Waals surface area contributed by atoms with E-state index in [0.29, 0.717) is 16.9 Å². The number of benzene rings is 2. The minimum atomic E-state index is 0.0638. The topological polar surface area (TPSA) is 85.2 Å². The van der Waals surface area contributed by atoms with Gasteiger partial charge in [0.15, 0.2) is 0 Å². The van der Waals surface area contributed by atoms with Crippen LogP contribution < -0.4 is 9.47 Å². The summed E-state index contributed by atoms with van der Waals surface area (Å²) in [5, 5.41) is 12.3. The third-order valence-electron chi connectivity index (χ3n) is 3.53. The maximum atomic E-state index is 10.3. The van der Waals surface area contributed by atoms with E-state index in [1.54, 1.807) is 27.0 Å². The predicted octanol–water partition coefficient (Wildman–Crippen LogP) is 5.35. The van der Waals surface area contributed by atoms with Crippen LogP contribution in [-0.2, 0) is 4.79 Å². The van der Waals surface area contributed by atoms with Crippen molar-refractivity contribution in [2.75, 3.05) is 14.2 Å². The lowest BCUT2D eigenvalue weighted by atomic mass is 10.1. The molecule has 0 heterocycles. The average Bonchev–Trinajstić information content (AvgIpc) is 2.73. The molecule has 0 saturated carbocycles. The van der Waals surface area contributed by atoms with Crippen LogP contribution in [0.1, 0.15) is 30.5 Å². The normalized spacial score (nSPS) is 9.41. The number of nitrogens with zero attached hydrogens (tertiary/aromatic N) is 1. The molecule has 0 spiro atoms. The Kier molecular flexibility index (Phi) is 11.6. The minimum absolute atomic E-state index is 0.0638. The van der Waals surface area contributed by atoms with Crippen LogP contribution in [0.2, 0.25) is 0 Å². The Hall–Kier alpha value is -3.15. The van der Waals surface area contributed by atoms with Crippen molar-refractivity contribution >= 4 is 18.0 Å². The van der Waals surface area contributed by atoms with Crippen molar-refractivity contribution in [3.63, 3.8) is 0 Å². The first kappa shape index (κ1) is 23.9. The molecule has 0 atom stereocenters. The number of carbonyl (C=O) groups is 1. The third kappa shape index (κ3) is 7.32. The molecule has 0 radical (unpaired) electrons. The Morgan fingerprint density at radius 1 is 1.00 bits per heavy atom. The smallest absolute Gasteiger partial charge is 0.142 e.